The number of nitrogens with one attached hydrogen (secondary N) is 12. The SMILES string of the molecule is N[C@@H](Cc1c[nH]c2ccccc12)C(=O)N[C@@H](Cc1c[nH]c2ccccc12)C(=O)NCCN(CCNC(=O)[C@H](Cc1c[nH]c2ccccc12)NC(=O)[C@@H](N)Cc1c[nH]c2ccccc12)CCNC(=O)[C@H](Cc1c[nH]c2ccccc12)NC(=O)[C@@H](N)Cc1c[nH]c2ccccc12. The number of hydrogen-bond donors (Lipinski definition) is 15. The summed E-state index contributed by atoms with van der Waals surface area (Å²) in [6.07, 6.45) is 12.2. The van der Waals surface area contributed by atoms with E-state index in [-0.39, 0.29) is 77.8 Å². The minimum Gasteiger partial charge on any atom is -0.361 e. The van der Waals surface area contributed by atoms with Crippen LogP contribution in [0.1, 0.15) is 33.4 Å². The van der Waals surface area contributed by atoms with Gasteiger partial charge in [-0.05, 0) is 89.0 Å². The van der Waals surface area contributed by atoms with E-state index < -0.39 is 71.7 Å². The average molecular weight is 1260 g/mol. The summed E-state index contributed by atoms with van der Waals surface area (Å²) in [5.41, 5.74) is 30.3. The summed E-state index contributed by atoms with van der Waals surface area (Å²) in [5, 5.41) is 23.7. The molecule has 482 valence electrons. The summed E-state index contributed by atoms with van der Waals surface area (Å²) in [6.45, 7) is 0.932. The number of nitrogens with zero attached hydrogens (tertiary/aromatic N) is 1. The number of fused-ring (bicyclic) bond motifs is 6. The van der Waals surface area contributed by atoms with Crippen LogP contribution in [0.25, 0.3) is 65.4 Å². The van der Waals surface area contributed by atoms with Crippen molar-refractivity contribution >= 4 is 101 Å². The molecule has 94 heavy (non-hydrogen) atoms. The maximum Gasteiger partial charge on any atom is 0.242 e. The van der Waals surface area contributed by atoms with Gasteiger partial charge >= 0.3 is 0 Å². The summed E-state index contributed by atoms with van der Waals surface area (Å²) in [5.74, 6) is -2.83. The molecule has 18 N–H and O–H groups in total. The molecule has 0 bridgehead atoms. The molecule has 22 heteroatoms. The lowest BCUT2D eigenvalue weighted by Crippen LogP contribution is -2.55. The summed E-state index contributed by atoms with van der Waals surface area (Å²) < 4.78 is 0. The van der Waals surface area contributed by atoms with Crippen molar-refractivity contribution < 1.29 is 28.8 Å². The van der Waals surface area contributed by atoms with Crippen LogP contribution in [0.3, 0.4) is 0 Å². The lowest BCUT2D eigenvalue weighted by molar-refractivity contribution is -0.129. The Kier molecular flexibility index (Phi) is 19.7. The number of amides is 6. The van der Waals surface area contributed by atoms with E-state index in [2.05, 4.69) is 61.8 Å². The van der Waals surface area contributed by atoms with Gasteiger partial charge < -0.3 is 79.0 Å². The fourth-order valence-corrected chi connectivity index (χ4v) is 12.6. The van der Waals surface area contributed by atoms with Gasteiger partial charge in [-0.1, -0.05) is 109 Å². The van der Waals surface area contributed by atoms with Crippen LogP contribution in [0.2, 0.25) is 0 Å². The third-order valence-electron chi connectivity index (χ3n) is 17.7. The van der Waals surface area contributed by atoms with Crippen molar-refractivity contribution in [3.63, 3.8) is 0 Å². The number of aromatic nitrogens is 6. The van der Waals surface area contributed by atoms with Gasteiger partial charge in [0.05, 0.1) is 18.1 Å². The molecule has 0 unspecified atom stereocenters. The normalized spacial score (nSPS) is 13.7. The summed E-state index contributed by atoms with van der Waals surface area (Å²) in [7, 11) is 0. The fraction of sp³-hybridized carbons (Fsp3) is 0.250. The molecule has 22 nitrogen and oxygen atoms in total. The summed E-state index contributed by atoms with van der Waals surface area (Å²) >= 11 is 0. The number of nitrogens with two attached hydrogens (primary N) is 3. The van der Waals surface area contributed by atoms with E-state index in [1.807, 2.05) is 188 Å². The van der Waals surface area contributed by atoms with Gasteiger partial charge in [-0.15, -0.1) is 0 Å². The molecular weight excluding hydrogens is 1180 g/mol. The quantitative estimate of drug-likeness (QED) is 0.0271. The van der Waals surface area contributed by atoms with E-state index in [1.54, 1.807) is 0 Å². The van der Waals surface area contributed by atoms with Crippen molar-refractivity contribution in [1.82, 2.24) is 66.7 Å². The highest BCUT2D eigenvalue weighted by atomic mass is 16.2. The Morgan fingerprint density at radius 3 is 0.723 bits per heavy atom. The molecule has 0 spiro atoms. The highest BCUT2D eigenvalue weighted by molar-refractivity contribution is 5.95. The second-order valence-corrected chi connectivity index (χ2v) is 24.1. The van der Waals surface area contributed by atoms with Crippen LogP contribution in [0.5, 0.6) is 0 Å². The van der Waals surface area contributed by atoms with Crippen LogP contribution in [0.15, 0.2) is 183 Å². The number of hydrogen-bond acceptors (Lipinski definition) is 10. The lowest BCUT2D eigenvalue weighted by atomic mass is 10.0. The predicted molar refractivity (Wildman–Crippen MR) is 367 cm³/mol. The Bertz CT molecular complexity index is 4190. The number of para-hydroxylation sites is 6. The maximum absolute atomic E-state index is 14.6. The zero-order valence-electron chi connectivity index (χ0n) is 51.9. The second kappa shape index (κ2) is 29.2. The Morgan fingerprint density at radius 2 is 0.500 bits per heavy atom. The van der Waals surface area contributed by atoms with Crippen LogP contribution in [-0.2, 0) is 67.3 Å². The van der Waals surface area contributed by atoms with E-state index in [1.165, 1.54) is 0 Å². The first-order valence-corrected chi connectivity index (χ1v) is 31.8. The van der Waals surface area contributed by atoms with Gasteiger partial charge in [0.1, 0.15) is 18.1 Å². The van der Waals surface area contributed by atoms with Gasteiger partial charge in [0, 0.05) is 161 Å². The average Bonchev–Trinajstić information content (AvgIpc) is 1.75. The molecule has 0 radical (unpaired) electrons. The van der Waals surface area contributed by atoms with Crippen molar-refractivity contribution in [3.8, 4) is 0 Å². The van der Waals surface area contributed by atoms with Crippen LogP contribution in [0.4, 0.5) is 0 Å². The molecule has 0 aliphatic carbocycles. The van der Waals surface area contributed by atoms with Gasteiger partial charge in [0.2, 0.25) is 35.4 Å². The molecular formula is C72H78N16O6. The number of rotatable bonds is 30. The standard InChI is InChI=1S/C72H78N16O6/c73-55(31-43-37-79-58-19-7-1-13-49(43)58)67(89)85-64(34-46-40-82-61-22-10-4-16-52(46)61)70(92)76-25-28-88(29-26-77-71(93)65(35-47-41-83-62-23-11-5-17-53(47)62)86-68(90)56(74)32-44-38-80-59-20-8-2-14-50(44)59)30-27-78-72(94)66(36-48-42-84-63-24-12-6-18-54(48)63)87-69(91)57(75)33-45-39-81-60-21-9-3-15-51(45)60/h1-24,37-42,55-57,64-66,79-84H,25-36,73-75H2,(H,76,92)(H,77,93)(H,78,94)(H,85,89)(H,86,90)(H,87,91)/t55-,56-,57-,64-,65-,66-/m0/s1. The van der Waals surface area contributed by atoms with E-state index in [0.29, 0.717) is 0 Å². The Hall–Kier alpha value is -10.8. The first-order valence-electron chi connectivity index (χ1n) is 31.8. The predicted octanol–water partition coefficient (Wildman–Crippen LogP) is 5.42. The first-order chi connectivity index (χ1) is 45.8. The molecule has 0 aliphatic rings. The molecule has 12 aromatic rings. The Morgan fingerprint density at radius 1 is 0.298 bits per heavy atom. The zero-order chi connectivity index (χ0) is 65.1. The molecule has 12 rings (SSSR count). The molecule has 0 aliphatic heterocycles. The largest absolute Gasteiger partial charge is 0.361 e. The van der Waals surface area contributed by atoms with Gasteiger partial charge in [0.15, 0.2) is 0 Å². The van der Waals surface area contributed by atoms with E-state index in [4.69, 9.17) is 17.2 Å². The highest BCUT2D eigenvalue weighted by Gasteiger charge is 2.30. The van der Waals surface area contributed by atoms with E-state index >= 15 is 0 Å². The number of aromatic amines is 6. The molecule has 0 saturated carbocycles. The molecule has 6 aromatic heterocycles. The van der Waals surface area contributed by atoms with Crippen LogP contribution in [0, 0.1) is 0 Å². The number of carbonyl (C=O) groups excluding carboxylic acids is 6. The number of H-pyrrole nitrogens is 6. The first kappa shape index (κ1) is 63.4. The minimum atomic E-state index is -1.03. The molecule has 0 saturated heterocycles. The van der Waals surface area contributed by atoms with E-state index in [0.717, 1.165) is 98.8 Å². The highest BCUT2D eigenvalue weighted by Crippen LogP contribution is 2.25. The molecule has 6 atom stereocenters. The number of benzene rings is 6. The zero-order valence-corrected chi connectivity index (χ0v) is 51.9. The molecule has 6 aromatic carbocycles. The monoisotopic (exact) mass is 1260 g/mol. The van der Waals surface area contributed by atoms with Gasteiger partial charge in [0.25, 0.3) is 0 Å². The minimum absolute atomic E-state index is 0.0868. The van der Waals surface area contributed by atoms with Crippen molar-refractivity contribution in [2.24, 2.45) is 17.2 Å². The second-order valence-electron chi connectivity index (χ2n) is 24.1. The van der Waals surface area contributed by atoms with Crippen molar-refractivity contribution in [1.29, 1.82) is 0 Å². The number of carbonyl (C=O) groups is 6. The molecule has 0 fully saturated rings. The summed E-state index contributed by atoms with van der Waals surface area (Å²) in [4.78, 5) is 107. The Labute approximate surface area is 541 Å². The van der Waals surface area contributed by atoms with Gasteiger partial charge in [-0.25, -0.2) is 0 Å². The molecule has 6 amide bonds. The van der Waals surface area contributed by atoms with Crippen molar-refractivity contribution in [3.05, 3.63) is 216 Å². The van der Waals surface area contributed by atoms with Crippen LogP contribution >= 0.6 is 0 Å². The third kappa shape index (κ3) is 14.9. The van der Waals surface area contributed by atoms with Gasteiger partial charge in [-0.3, -0.25) is 33.7 Å². The van der Waals surface area contributed by atoms with Crippen molar-refractivity contribution in [2.75, 3.05) is 39.3 Å². The lowest BCUT2D eigenvalue weighted by Gasteiger charge is -2.26. The molecule has 6 heterocycles. The smallest absolute Gasteiger partial charge is 0.242 e. The maximum atomic E-state index is 14.6. The Balaban J connectivity index is 0.755. The van der Waals surface area contributed by atoms with E-state index in [9.17, 15) is 28.8 Å². The fourth-order valence-electron chi connectivity index (χ4n) is 12.6. The summed E-state index contributed by atoms with van der Waals surface area (Å²) in [6, 6.07) is 40.4. The van der Waals surface area contributed by atoms with Gasteiger partial charge in [-0.2, -0.15) is 0 Å². The van der Waals surface area contributed by atoms with Crippen LogP contribution < -0.4 is 49.1 Å². The van der Waals surface area contributed by atoms with Crippen LogP contribution in [-0.4, -0.2) is 146 Å². The van der Waals surface area contributed by atoms with Crippen molar-refractivity contribution in [2.45, 2.75) is 74.8 Å². The topological polar surface area (TPSA) is 351 Å². The third-order valence-corrected chi connectivity index (χ3v) is 17.7.